The number of nitrogens with two attached hydrogens (primary N) is 1. The average Bonchev–Trinajstić information content (AvgIpc) is 2.29. The van der Waals surface area contributed by atoms with Crippen molar-refractivity contribution >= 4 is 11.6 Å². The fraction of sp³-hybridized carbons (Fsp3) is 0.667. The third-order valence-corrected chi connectivity index (χ3v) is 3.48. The first kappa shape index (κ1) is 11.2. The van der Waals surface area contributed by atoms with Crippen molar-refractivity contribution in [2.75, 3.05) is 23.7 Å². The lowest BCUT2D eigenvalue weighted by Crippen LogP contribution is -2.35. The van der Waals surface area contributed by atoms with E-state index in [2.05, 4.69) is 28.7 Å². The molecule has 0 saturated carbocycles. The molecular weight excluding hydrogens is 200 g/mol. The minimum absolute atomic E-state index is 0.552. The third kappa shape index (κ3) is 2.43. The molecular formula is C12H20N4. The molecule has 1 aliphatic rings. The highest BCUT2D eigenvalue weighted by Crippen LogP contribution is 2.26. The summed E-state index contributed by atoms with van der Waals surface area (Å²) in [6, 6.07) is 1.86. The monoisotopic (exact) mass is 220 g/mol. The van der Waals surface area contributed by atoms with Gasteiger partial charge in [0.05, 0.1) is 0 Å². The second-order valence-corrected chi connectivity index (χ2v) is 4.87. The summed E-state index contributed by atoms with van der Waals surface area (Å²) in [4.78, 5) is 10.5. The predicted molar refractivity (Wildman–Crippen MR) is 66.2 cm³/mol. The molecule has 2 N–H and O–H groups in total. The van der Waals surface area contributed by atoms with Crippen LogP contribution in [0.3, 0.4) is 0 Å². The molecule has 1 aromatic rings. The lowest BCUT2D eigenvalue weighted by atomic mass is 9.87. The van der Waals surface area contributed by atoms with E-state index < -0.39 is 0 Å². The summed E-state index contributed by atoms with van der Waals surface area (Å²) in [5, 5.41) is 0. The molecule has 4 heteroatoms. The lowest BCUT2D eigenvalue weighted by molar-refractivity contribution is 0.310. The summed E-state index contributed by atoms with van der Waals surface area (Å²) in [6.45, 7) is 6.78. The zero-order chi connectivity index (χ0) is 11.5. The van der Waals surface area contributed by atoms with Gasteiger partial charge in [-0.1, -0.05) is 13.8 Å². The van der Waals surface area contributed by atoms with Crippen molar-refractivity contribution in [1.29, 1.82) is 0 Å². The van der Waals surface area contributed by atoms with Crippen LogP contribution in [0.25, 0.3) is 0 Å². The van der Waals surface area contributed by atoms with Gasteiger partial charge in [-0.15, -0.1) is 0 Å². The van der Waals surface area contributed by atoms with E-state index in [1.165, 1.54) is 12.8 Å². The van der Waals surface area contributed by atoms with Crippen molar-refractivity contribution in [3.8, 4) is 0 Å². The summed E-state index contributed by atoms with van der Waals surface area (Å²) in [7, 11) is 0. The molecule has 0 aliphatic carbocycles. The Hall–Kier alpha value is -1.32. The number of anilines is 2. The Labute approximate surface area is 96.9 Å². The van der Waals surface area contributed by atoms with Crippen molar-refractivity contribution in [1.82, 2.24) is 9.97 Å². The zero-order valence-electron chi connectivity index (χ0n) is 10.1. The molecule has 0 bridgehead atoms. The Bertz CT molecular complexity index is 343. The summed E-state index contributed by atoms with van der Waals surface area (Å²) in [6.07, 6.45) is 4.04. The van der Waals surface area contributed by atoms with E-state index in [1.54, 1.807) is 6.33 Å². The molecule has 0 atom stereocenters. The summed E-state index contributed by atoms with van der Waals surface area (Å²) in [5.74, 6) is 3.17. The van der Waals surface area contributed by atoms with Gasteiger partial charge in [-0.3, -0.25) is 0 Å². The molecule has 16 heavy (non-hydrogen) atoms. The number of piperidine rings is 1. The van der Waals surface area contributed by atoms with Crippen molar-refractivity contribution < 1.29 is 0 Å². The Morgan fingerprint density at radius 2 is 2.00 bits per heavy atom. The van der Waals surface area contributed by atoms with Gasteiger partial charge in [0.25, 0.3) is 0 Å². The smallest absolute Gasteiger partial charge is 0.134 e. The average molecular weight is 220 g/mol. The SMILES string of the molecule is CC(C)C1CCN(c2cc(N)ncn2)CC1. The van der Waals surface area contributed by atoms with Crippen LogP contribution >= 0.6 is 0 Å². The van der Waals surface area contributed by atoms with Crippen molar-refractivity contribution in [2.24, 2.45) is 11.8 Å². The standard InChI is InChI=1S/C12H20N4/c1-9(2)10-3-5-16(6-4-10)12-7-11(13)14-8-15-12/h7-10H,3-6H2,1-2H3,(H2,13,14,15). The molecule has 0 spiro atoms. The molecule has 2 rings (SSSR count). The molecule has 0 radical (unpaired) electrons. The fourth-order valence-electron chi connectivity index (χ4n) is 2.33. The predicted octanol–water partition coefficient (Wildman–Crippen LogP) is 1.93. The highest BCUT2D eigenvalue weighted by molar-refractivity contribution is 5.46. The molecule has 1 fully saturated rings. The van der Waals surface area contributed by atoms with E-state index in [9.17, 15) is 0 Å². The van der Waals surface area contributed by atoms with E-state index in [4.69, 9.17) is 5.73 Å². The number of nitrogens with zero attached hydrogens (tertiary/aromatic N) is 3. The second-order valence-electron chi connectivity index (χ2n) is 4.87. The van der Waals surface area contributed by atoms with Crippen LogP contribution in [0.5, 0.6) is 0 Å². The first-order valence-corrected chi connectivity index (χ1v) is 5.99. The van der Waals surface area contributed by atoms with Crippen LogP contribution in [0.15, 0.2) is 12.4 Å². The van der Waals surface area contributed by atoms with E-state index in [1.807, 2.05) is 6.07 Å². The highest BCUT2D eigenvalue weighted by Gasteiger charge is 2.22. The van der Waals surface area contributed by atoms with Gasteiger partial charge in [-0.05, 0) is 24.7 Å². The maximum Gasteiger partial charge on any atom is 0.134 e. The Morgan fingerprint density at radius 3 is 2.56 bits per heavy atom. The minimum Gasteiger partial charge on any atom is -0.384 e. The molecule has 0 amide bonds. The number of aromatic nitrogens is 2. The molecule has 2 heterocycles. The molecule has 88 valence electrons. The zero-order valence-corrected chi connectivity index (χ0v) is 10.1. The number of hydrogen-bond acceptors (Lipinski definition) is 4. The normalized spacial score (nSPS) is 18.1. The Balaban J connectivity index is 1.99. The van der Waals surface area contributed by atoms with Crippen molar-refractivity contribution in [2.45, 2.75) is 26.7 Å². The van der Waals surface area contributed by atoms with Crippen LogP contribution in [0.2, 0.25) is 0 Å². The summed E-state index contributed by atoms with van der Waals surface area (Å²) >= 11 is 0. The van der Waals surface area contributed by atoms with E-state index in [0.717, 1.165) is 30.7 Å². The van der Waals surface area contributed by atoms with Crippen molar-refractivity contribution in [3.63, 3.8) is 0 Å². The van der Waals surface area contributed by atoms with Gasteiger partial charge in [-0.2, -0.15) is 0 Å². The highest BCUT2D eigenvalue weighted by atomic mass is 15.2. The van der Waals surface area contributed by atoms with Crippen LogP contribution in [0, 0.1) is 11.8 Å². The van der Waals surface area contributed by atoms with Gasteiger partial charge in [0.2, 0.25) is 0 Å². The number of nitrogen functional groups attached to an aromatic ring is 1. The largest absolute Gasteiger partial charge is 0.384 e. The van der Waals surface area contributed by atoms with Crippen LogP contribution in [0.4, 0.5) is 11.6 Å². The Morgan fingerprint density at radius 1 is 1.31 bits per heavy atom. The second kappa shape index (κ2) is 4.68. The fourth-order valence-corrected chi connectivity index (χ4v) is 2.33. The summed E-state index contributed by atoms with van der Waals surface area (Å²) in [5.41, 5.74) is 5.66. The van der Waals surface area contributed by atoms with E-state index >= 15 is 0 Å². The Kier molecular flexibility index (Phi) is 3.27. The molecule has 0 unspecified atom stereocenters. The van der Waals surface area contributed by atoms with Crippen LogP contribution < -0.4 is 10.6 Å². The quantitative estimate of drug-likeness (QED) is 0.827. The van der Waals surface area contributed by atoms with Gasteiger partial charge >= 0.3 is 0 Å². The third-order valence-electron chi connectivity index (χ3n) is 3.48. The molecule has 0 aromatic carbocycles. The van der Waals surface area contributed by atoms with Gasteiger partial charge < -0.3 is 10.6 Å². The van der Waals surface area contributed by atoms with E-state index in [0.29, 0.717) is 5.82 Å². The topological polar surface area (TPSA) is 55.0 Å². The maximum absolute atomic E-state index is 5.66. The van der Waals surface area contributed by atoms with Gasteiger partial charge in [0.1, 0.15) is 18.0 Å². The minimum atomic E-state index is 0.552. The van der Waals surface area contributed by atoms with Crippen LogP contribution in [0.1, 0.15) is 26.7 Å². The molecule has 1 aromatic heterocycles. The number of hydrogen-bond donors (Lipinski definition) is 1. The summed E-state index contributed by atoms with van der Waals surface area (Å²) < 4.78 is 0. The van der Waals surface area contributed by atoms with Crippen LogP contribution in [-0.2, 0) is 0 Å². The van der Waals surface area contributed by atoms with E-state index in [-0.39, 0.29) is 0 Å². The molecule has 1 saturated heterocycles. The first-order valence-electron chi connectivity index (χ1n) is 5.99. The molecule has 1 aliphatic heterocycles. The maximum atomic E-state index is 5.66. The lowest BCUT2D eigenvalue weighted by Gasteiger charge is -2.34. The molecule has 4 nitrogen and oxygen atoms in total. The van der Waals surface area contributed by atoms with Gasteiger partial charge in [-0.25, -0.2) is 9.97 Å². The van der Waals surface area contributed by atoms with Crippen LogP contribution in [-0.4, -0.2) is 23.1 Å². The van der Waals surface area contributed by atoms with Gasteiger partial charge in [0, 0.05) is 19.2 Å². The van der Waals surface area contributed by atoms with Crippen molar-refractivity contribution in [3.05, 3.63) is 12.4 Å². The first-order chi connectivity index (χ1) is 7.66. The van der Waals surface area contributed by atoms with Gasteiger partial charge in [0.15, 0.2) is 0 Å². The number of rotatable bonds is 2.